The van der Waals surface area contributed by atoms with Crippen molar-refractivity contribution in [3.8, 4) is 0 Å². The van der Waals surface area contributed by atoms with E-state index in [1.165, 1.54) is 0 Å². The Morgan fingerprint density at radius 1 is 1.50 bits per heavy atom. The third-order valence-corrected chi connectivity index (χ3v) is 7.70. The molecule has 0 radical (unpaired) electrons. The van der Waals surface area contributed by atoms with Crippen molar-refractivity contribution in [2.45, 2.75) is 46.1 Å². The third-order valence-electron chi connectivity index (χ3n) is 5.13. The molecule has 11 heteroatoms. The average Bonchev–Trinajstić information content (AvgIpc) is 3.11. The van der Waals surface area contributed by atoms with Crippen LogP contribution in [-0.4, -0.2) is 77.1 Å². The molecule has 4 N–H and O–H groups in total. The zero-order valence-corrected chi connectivity index (χ0v) is 19.7. The van der Waals surface area contributed by atoms with Crippen LogP contribution in [-0.2, 0) is 13.8 Å². The van der Waals surface area contributed by atoms with E-state index in [1.54, 1.807) is 41.9 Å². The molecule has 0 saturated carbocycles. The number of imidazole rings is 1. The first-order valence-corrected chi connectivity index (χ1v) is 12.0. The zero-order valence-electron chi connectivity index (χ0n) is 18.9. The van der Waals surface area contributed by atoms with Crippen molar-refractivity contribution in [3.05, 3.63) is 24.3 Å². The van der Waals surface area contributed by atoms with E-state index < -0.39 is 7.52 Å². The topological polar surface area (TPSA) is 124 Å². The number of anilines is 1. The van der Waals surface area contributed by atoms with Gasteiger partial charge in [-0.25, -0.2) is 14.6 Å². The van der Waals surface area contributed by atoms with Crippen LogP contribution in [0.5, 0.6) is 0 Å². The van der Waals surface area contributed by atoms with Gasteiger partial charge in [0.05, 0.1) is 19.0 Å². The van der Waals surface area contributed by atoms with Gasteiger partial charge in [0.25, 0.3) is 7.52 Å². The fourth-order valence-electron chi connectivity index (χ4n) is 3.21. The average molecular weight is 442 g/mol. The van der Waals surface area contributed by atoms with Gasteiger partial charge in [0.1, 0.15) is 17.7 Å². The van der Waals surface area contributed by atoms with Crippen molar-refractivity contribution in [1.82, 2.24) is 19.1 Å². The fourth-order valence-corrected chi connectivity index (χ4v) is 4.59. The molecule has 170 valence electrons. The number of rotatable bonds is 9. The maximum atomic E-state index is 12.9. The molecule has 1 aliphatic rings. The number of amidine groups is 1. The lowest BCUT2D eigenvalue weighted by Crippen LogP contribution is -2.50. The monoisotopic (exact) mass is 441 g/mol. The third kappa shape index (κ3) is 5.70. The molecule has 1 aromatic heterocycles. The minimum atomic E-state index is -2.85. The van der Waals surface area contributed by atoms with Crippen molar-refractivity contribution in [1.29, 1.82) is 0 Å². The highest BCUT2D eigenvalue weighted by molar-refractivity contribution is 7.56. The first-order chi connectivity index (χ1) is 14.1. The predicted octanol–water partition coefficient (Wildman–Crippen LogP) is 2.10. The summed E-state index contributed by atoms with van der Waals surface area (Å²) in [7, 11) is 0.682. The van der Waals surface area contributed by atoms with Crippen LogP contribution in [0, 0.1) is 0 Å². The van der Waals surface area contributed by atoms with Gasteiger partial charge in [0, 0.05) is 31.5 Å². The lowest BCUT2D eigenvalue weighted by Gasteiger charge is -2.41. The van der Waals surface area contributed by atoms with Crippen molar-refractivity contribution < 1.29 is 13.8 Å². The molecule has 0 spiro atoms. The van der Waals surface area contributed by atoms with Gasteiger partial charge < -0.3 is 20.7 Å². The molecule has 3 atom stereocenters. The molecule has 2 heterocycles. The SMILES string of the molecule is C/C=C\N=C(N)c1ncn([C@H]2CN(C(C)C)C[C@@H](COP(=O)(CC)N(C)C)O2)c1N. The standard InChI is InChI=1S/C19H36N7O3P/c1-7-9-22-18(20)17-19(21)26(13-23-17)16-11-25(14(3)4)10-15(29-16)12-28-30(27,8-2)24(5)6/h7,9,13-16H,8,10-12,21H2,1-6H3,(H2,20,22)/b9-7-/t15-,16+,30?/m0/s1. The summed E-state index contributed by atoms with van der Waals surface area (Å²) < 4.78 is 28.4. The second kappa shape index (κ2) is 10.5. The number of aliphatic imine (C=N–C) groups is 1. The Kier molecular flexibility index (Phi) is 8.63. The Morgan fingerprint density at radius 2 is 2.20 bits per heavy atom. The number of hydrogen-bond acceptors (Lipinski definition) is 7. The van der Waals surface area contributed by atoms with Crippen LogP contribution >= 0.6 is 7.52 Å². The number of hydrogen-bond donors (Lipinski definition) is 2. The summed E-state index contributed by atoms with van der Waals surface area (Å²) in [6.45, 7) is 9.51. The van der Waals surface area contributed by atoms with Crippen LogP contribution in [0.25, 0.3) is 0 Å². The van der Waals surface area contributed by atoms with Gasteiger partial charge in [0.2, 0.25) is 0 Å². The van der Waals surface area contributed by atoms with Crippen molar-refractivity contribution >= 4 is 19.2 Å². The molecule has 1 fully saturated rings. The molecule has 1 saturated heterocycles. The number of aromatic nitrogens is 2. The number of nitrogens with two attached hydrogens (primary N) is 2. The van der Waals surface area contributed by atoms with Gasteiger partial charge >= 0.3 is 0 Å². The van der Waals surface area contributed by atoms with E-state index in [4.69, 9.17) is 20.7 Å². The number of ether oxygens (including phenoxy) is 1. The summed E-state index contributed by atoms with van der Waals surface area (Å²) in [6, 6.07) is 0.302. The highest BCUT2D eigenvalue weighted by Gasteiger charge is 2.34. The predicted molar refractivity (Wildman–Crippen MR) is 121 cm³/mol. The maximum absolute atomic E-state index is 12.9. The van der Waals surface area contributed by atoms with Crippen LogP contribution in [0.15, 0.2) is 23.6 Å². The Bertz CT molecular complexity index is 806. The van der Waals surface area contributed by atoms with Crippen molar-refractivity contribution in [2.24, 2.45) is 10.7 Å². The quantitative estimate of drug-likeness (QED) is 0.339. The van der Waals surface area contributed by atoms with Gasteiger partial charge in [-0.05, 0) is 34.9 Å². The number of allylic oxidation sites excluding steroid dienone is 1. The van der Waals surface area contributed by atoms with Crippen molar-refractivity contribution in [3.63, 3.8) is 0 Å². The van der Waals surface area contributed by atoms with E-state index in [-0.39, 0.29) is 24.8 Å². The lowest BCUT2D eigenvalue weighted by molar-refractivity contribution is -0.137. The highest BCUT2D eigenvalue weighted by atomic mass is 31.2. The molecule has 0 bridgehead atoms. The molecule has 1 unspecified atom stereocenters. The van der Waals surface area contributed by atoms with Crippen LogP contribution in [0.2, 0.25) is 0 Å². The molecule has 0 aliphatic carbocycles. The van der Waals surface area contributed by atoms with E-state index in [0.29, 0.717) is 36.8 Å². The van der Waals surface area contributed by atoms with Gasteiger partial charge in [-0.2, -0.15) is 0 Å². The minimum absolute atomic E-state index is 0.232. The van der Waals surface area contributed by atoms with Gasteiger partial charge in [-0.15, -0.1) is 0 Å². The molecule has 10 nitrogen and oxygen atoms in total. The van der Waals surface area contributed by atoms with Gasteiger partial charge in [0.15, 0.2) is 5.84 Å². The normalized spacial score (nSPS) is 23.5. The van der Waals surface area contributed by atoms with E-state index in [0.717, 1.165) is 0 Å². The number of morpholine rings is 1. The first-order valence-electron chi connectivity index (χ1n) is 10.2. The molecule has 2 rings (SSSR count). The van der Waals surface area contributed by atoms with Crippen LogP contribution in [0.1, 0.15) is 39.6 Å². The van der Waals surface area contributed by atoms with Crippen LogP contribution in [0.3, 0.4) is 0 Å². The molecule has 0 amide bonds. The highest BCUT2D eigenvalue weighted by Crippen LogP contribution is 2.48. The lowest BCUT2D eigenvalue weighted by atomic mass is 10.2. The summed E-state index contributed by atoms with van der Waals surface area (Å²) >= 11 is 0. The largest absolute Gasteiger partial charge is 0.383 e. The fraction of sp³-hybridized carbons (Fsp3) is 0.684. The number of nitrogen functional groups attached to an aromatic ring is 1. The molecule has 1 aromatic rings. The Hall–Kier alpha value is -1.71. The Balaban J connectivity index is 2.22. The molecule has 30 heavy (non-hydrogen) atoms. The van der Waals surface area contributed by atoms with E-state index >= 15 is 0 Å². The van der Waals surface area contributed by atoms with Crippen LogP contribution < -0.4 is 11.5 Å². The van der Waals surface area contributed by atoms with Gasteiger partial charge in [-0.3, -0.25) is 14.0 Å². The van der Waals surface area contributed by atoms with E-state index in [2.05, 4.69) is 28.7 Å². The molecule has 1 aliphatic heterocycles. The summed E-state index contributed by atoms with van der Waals surface area (Å²) in [5.41, 5.74) is 12.7. The Labute approximate surface area is 179 Å². The smallest absolute Gasteiger partial charge is 0.271 e. The second-order valence-electron chi connectivity index (χ2n) is 7.74. The maximum Gasteiger partial charge on any atom is 0.271 e. The van der Waals surface area contributed by atoms with Gasteiger partial charge in [-0.1, -0.05) is 13.0 Å². The van der Waals surface area contributed by atoms with E-state index in [9.17, 15) is 4.57 Å². The summed E-state index contributed by atoms with van der Waals surface area (Å²) in [5.74, 6) is 0.638. The summed E-state index contributed by atoms with van der Waals surface area (Å²) in [6.07, 6.45) is 4.79. The number of nitrogens with zero attached hydrogens (tertiary/aromatic N) is 5. The minimum Gasteiger partial charge on any atom is -0.383 e. The second-order valence-corrected chi connectivity index (χ2v) is 10.7. The van der Waals surface area contributed by atoms with Crippen LogP contribution in [0.4, 0.5) is 5.82 Å². The molecule has 0 aromatic carbocycles. The summed E-state index contributed by atoms with van der Waals surface area (Å²) in [5, 5.41) is 0. The zero-order chi connectivity index (χ0) is 22.5. The first kappa shape index (κ1) is 24.6. The summed E-state index contributed by atoms with van der Waals surface area (Å²) in [4.78, 5) is 10.7. The van der Waals surface area contributed by atoms with Crippen molar-refractivity contribution in [2.75, 3.05) is 45.7 Å². The van der Waals surface area contributed by atoms with E-state index in [1.807, 2.05) is 13.8 Å². The molecular weight excluding hydrogens is 405 g/mol. The molecular formula is C19H36N7O3P. The Morgan fingerprint density at radius 3 is 2.77 bits per heavy atom.